The molecule has 5 heteroatoms. The fourth-order valence-corrected chi connectivity index (χ4v) is 2.43. The number of nitrogens with zero attached hydrogens (tertiary/aromatic N) is 1. The fourth-order valence-electron chi connectivity index (χ4n) is 2.26. The number of ketones is 1. The van der Waals surface area contributed by atoms with E-state index in [-0.39, 0.29) is 5.78 Å². The van der Waals surface area contributed by atoms with Crippen LogP contribution in [-0.4, -0.2) is 17.5 Å². The Labute approximate surface area is 122 Å². The SMILES string of the molecule is CCNc1cc(Cl)ccc1C(=O)c1cnoc1C1CC1. The minimum absolute atomic E-state index is 0.0687. The van der Waals surface area contributed by atoms with Crippen LogP contribution >= 0.6 is 11.6 Å². The van der Waals surface area contributed by atoms with Crippen molar-refractivity contribution in [1.82, 2.24) is 5.16 Å². The van der Waals surface area contributed by atoms with Crippen LogP contribution < -0.4 is 5.32 Å². The maximum Gasteiger partial charge on any atom is 0.200 e. The van der Waals surface area contributed by atoms with Crippen molar-refractivity contribution >= 4 is 23.1 Å². The molecule has 0 bridgehead atoms. The van der Waals surface area contributed by atoms with Gasteiger partial charge in [-0.3, -0.25) is 4.79 Å². The van der Waals surface area contributed by atoms with Gasteiger partial charge in [-0.1, -0.05) is 16.8 Å². The first-order valence-electron chi connectivity index (χ1n) is 6.73. The van der Waals surface area contributed by atoms with E-state index in [0.29, 0.717) is 27.8 Å². The summed E-state index contributed by atoms with van der Waals surface area (Å²) in [6, 6.07) is 5.23. The lowest BCUT2D eigenvalue weighted by molar-refractivity contribution is 0.103. The van der Waals surface area contributed by atoms with Crippen molar-refractivity contribution in [2.45, 2.75) is 25.7 Å². The van der Waals surface area contributed by atoms with Crippen LogP contribution in [0.15, 0.2) is 28.9 Å². The zero-order valence-electron chi connectivity index (χ0n) is 11.1. The zero-order chi connectivity index (χ0) is 14.1. The van der Waals surface area contributed by atoms with Gasteiger partial charge in [0.15, 0.2) is 11.5 Å². The van der Waals surface area contributed by atoms with E-state index in [2.05, 4.69) is 10.5 Å². The van der Waals surface area contributed by atoms with Crippen molar-refractivity contribution in [2.24, 2.45) is 0 Å². The minimum atomic E-state index is -0.0687. The Bertz CT molecular complexity index is 647. The summed E-state index contributed by atoms with van der Waals surface area (Å²) < 4.78 is 5.24. The lowest BCUT2D eigenvalue weighted by Gasteiger charge is -2.10. The average molecular weight is 291 g/mol. The molecular formula is C15H15ClN2O2. The summed E-state index contributed by atoms with van der Waals surface area (Å²) >= 11 is 5.99. The first kappa shape index (κ1) is 13.2. The number of carbonyl (C=O) groups is 1. The molecule has 0 saturated heterocycles. The highest BCUT2D eigenvalue weighted by molar-refractivity contribution is 6.31. The molecule has 1 aliphatic rings. The second-order valence-corrected chi connectivity index (χ2v) is 5.36. The lowest BCUT2D eigenvalue weighted by atomic mass is 10.0. The number of benzene rings is 1. The molecule has 1 aromatic carbocycles. The third kappa shape index (κ3) is 2.43. The molecule has 0 spiro atoms. The fraction of sp³-hybridized carbons (Fsp3) is 0.333. The van der Waals surface area contributed by atoms with Crippen LogP contribution in [0.2, 0.25) is 5.02 Å². The summed E-state index contributed by atoms with van der Waals surface area (Å²) in [4.78, 5) is 12.7. The number of rotatable bonds is 5. The van der Waals surface area contributed by atoms with Crippen molar-refractivity contribution < 1.29 is 9.32 Å². The van der Waals surface area contributed by atoms with Crippen LogP contribution in [0.25, 0.3) is 0 Å². The van der Waals surface area contributed by atoms with Crippen molar-refractivity contribution in [3.63, 3.8) is 0 Å². The van der Waals surface area contributed by atoms with Crippen LogP contribution in [0.5, 0.6) is 0 Å². The predicted octanol–water partition coefficient (Wildman–Crippen LogP) is 3.87. The Morgan fingerprint density at radius 1 is 1.45 bits per heavy atom. The molecule has 3 rings (SSSR count). The largest absolute Gasteiger partial charge is 0.385 e. The van der Waals surface area contributed by atoms with Crippen LogP contribution in [0.3, 0.4) is 0 Å². The van der Waals surface area contributed by atoms with Crippen molar-refractivity contribution in [3.8, 4) is 0 Å². The summed E-state index contributed by atoms with van der Waals surface area (Å²) in [5.74, 6) is 1.000. The molecule has 1 aromatic heterocycles. The number of aromatic nitrogens is 1. The molecule has 0 aliphatic heterocycles. The smallest absolute Gasteiger partial charge is 0.200 e. The number of nitrogens with one attached hydrogen (secondary N) is 1. The van der Waals surface area contributed by atoms with Gasteiger partial charge in [0.25, 0.3) is 0 Å². The molecule has 0 radical (unpaired) electrons. The monoisotopic (exact) mass is 290 g/mol. The molecule has 0 atom stereocenters. The van der Waals surface area contributed by atoms with Gasteiger partial charge in [0.1, 0.15) is 0 Å². The molecule has 104 valence electrons. The van der Waals surface area contributed by atoms with Gasteiger partial charge in [-0.25, -0.2) is 0 Å². The maximum absolute atomic E-state index is 12.7. The molecule has 1 fully saturated rings. The second-order valence-electron chi connectivity index (χ2n) is 4.93. The normalized spacial score (nSPS) is 14.3. The standard InChI is InChI=1S/C15H15ClN2O2/c1-2-17-13-7-10(16)5-6-11(13)14(19)12-8-18-20-15(12)9-3-4-9/h5-9,17H,2-4H2,1H3. The van der Waals surface area contributed by atoms with Crippen molar-refractivity contribution in [2.75, 3.05) is 11.9 Å². The average Bonchev–Trinajstić information content (AvgIpc) is 3.16. The molecule has 2 aromatic rings. The summed E-state index contributed by atoms with van der Waals surface area (Å²) in [5.41, 5.74) is 1.91. The molecule has 1 heterocycles. The predicted molar refractivity (Wildman–Crippen MR) is 77.5 cm³/mol. The van der Waals surface area contributed by atoms with Gasteiger partial charge in [0, 0.05) is 28.7 Å². The Morgan fingerprint density at radius 3 is 2.95 bits per heavy atom. The Morgan fingerprint density at radius 2 is 2.25 bits per heavy atom. The highest BCUT2D eigenvalue weighted by atomic mass is 35.5. The van der Waals surface area contributed by atoms with Crippen LogP contribution in [0.1, 0.15) is 47.4 Å². The number of anilines is 1. The van der Waals surface area contributed by atoms with Gasteiger partial charge in [-0.15, -0.1) is 0 Å². The molecule has 1 saturated carbocycles. The summed E-state index contributed by atoms with van der Waals surface area (Å²) in [6.07, 6.45) is 3.65. The summed E-state index contributed by atoms with van der Waals surface area (Å²) in [7, 11) is 0. The highest BCUT2D eigenvalue weighted by Crippen LogP contribution is 2.42. The molecular weight excluding hydrogens is 276 g/mol. The van der Waals surface area contributed by atoms with E-state index in [1.165, 1.54) is 6.20 Å². The molecule has 1 aliphatic carbocycles. The van der Waals surface area contributed by atoms with E-state index in [1.807, 2.05) is 6.92 Å². The van der Waals surface area contributed by atoms with Gasteiger partial charge in [0.05, 0.1) is 11.8 Å². The third-order valence-corrected chi connectivity index (χ3v) is 3.62. The second kappa shape index (κ2) is 5.29. The molecule has 4 nitrogen and oxygen atoms in total. The number of hydrogen-bond donors (Lipinski definition) is 1. The highest BCUT2D eigenvalue weighted by Gasteiger charge is 2.33. The van der Waals surface area contributed by atoms with Crippen molar-refractivity contribution in [3.05, 3.63) is 46.3 Å². The number of hydrogen-bond acceptors (Lipinski definition) is 4. The lowest BCUT2D eigenvalue weighted by Crippen LogP contribution is -2.08. The van der Waals surface area contributed by atoms with E-state index in [4.69, 9.17) is 16.1 Å². The Balaban J connectivity index is 1.99. The first-order chi connectivity index (χ1) is 9.70. The minimum Gasteiger partial charge on any atom is -0.385 e. The van der Waals surface area contributed by atoms with Gasteiger partial charge < -0.3 is 9.84 Å². The summed E-state index contributed by atoms with van der Waals surface area (Å²) in [6.45, 7) is 2.70. The topological polar surface area (TPSA) is 55.1 Å². The maximum atomic E-state index is 12.7. The van der Waals surface area contributed by atoms with Crippen LogP contribution in [0, 0.1) is 0 Å². The Hall–Kier alpha value is -1.81. The van der Waals surface area contributed by atoms with Gasteiger partial charge in [-0.2, -0.15) is 0 Å². The number of halogens is 1. The van der Waals surface area contributed by atoms with Crippen molar-refractivity contribution in [1.29, 1.82) is 0 Å². The van der Waals surface area contributed by atoms with E-state index >= 15 is 0 Å². The zero-order valence-corrected chi connectivity index (χ0v) is 11.9. The van der Waals surface area contributed by atoms with Crippen LogP contribution in [0.4, 0.5) is 5.69 Å². The molecule has 0 unspecified atom stereocenters. The first-order valence-corrected chi connectivity index (χ1v) is 7.11. The van der Waals surface area contributed by atoms with Gasteiger partial charge >= 0.3 is 0 Å². The Kier molecular flexibility index (Phi) is 3.49. The molecule has 0 amide bonds. The van der Waals surface area contributed by atoms with Gasteiger partial charge in [-0.05, 0) is 38.0 Å². The number of carbonyl (C=O) groups excluding carboxylic acids is 1. The van der Waals surface area contributed by atoms with E-state index in [1.54, 1.807) is 18.2 Å². The van der Waals surface area contributed by atoms with Gasteiger partial charge in [0.2, 0.25) is 0 Å². The molecule has 20 heavy (non-hydrogen) atoms. The van der Waals surface area contributed by atoms with E-state index in [9.17, 15) is 4.79 Å². The van der Waals surface area contributed by atoms with Crippen LogP contribution in [-0.2, 0) is 0 Å². The molecule has 1 N–H and O–H groups in total. The third-order valence-electron chi connectivity index (χ3n) is 3.38. The quantitative estimate of drug-likeness (QED) is 0.849. The summed E-state index contributed by atoms with van der Waals surface area (Å²) in [5, 5.41) is 7.55. The van der Waals surface area contributed by atoms with E-state index in [0.717, 1.165) is 25.1 Å². The van der Waals surface area contributed by atoms with E-state index < -0.39 is 0 Å².